The molecule has 1 atom stereocenters. The summed E-state index contributed by atoms with van der Waals surface area (Å²) in [6, 6.07) is 6.78. The van der Waals surface area contributed by atoms with Crippen molar-refractivity contribution in [3.05, 3.63) is 29.8 Å². The Balaban J connectivity index is 1.98. The molecule has 1 aliphatic rings. The summed E-state index contributed by atoms with van der Waals surface area (Å²) in [6.45, 7) is 4.67. The quantitative estimate of drug-likeness (QED) is 0.837. The van der Waals surface area contributed by atoms with Crippen LogP contribution in [0.2, 0.25) is 0 Å². The Morgan fingerprint density at radius 3 is 2.71 bits per heavy atom. The number of nitrogens with zero attached hydrogens (tertiary/aromatic N) is 2. The standard InChI is InChI=1S/C17H27N3O3S/c1-14-7-6-10-20(12-14)13-17(21)18-11-15-8-4-5-9-16(15)24(22,23)19(2)3/h4-5,8-9,14H,6-7,10-13H2,1-3H3,(H,18,21). The highest BCUT2D eigenvalue weighted by Crippen LogP contribution is 2.18. The molecular weight excluding hydrogens is 326 g/mol. The number of likely N-dealkylation sites (tertiary alicyclic amines) is 1. The summed E-state index contributed by atoms with van der Waals surface area (Å²) in [6.07, 6.45) is 2.34. The summed E-state index contributed by atoms with van der Waals surface area (Å²) < 4.78 is 25.9. The molecule has 1 amide bonds. The first-order valence-corrected chi connectivity index (χ1v) is 9.74. The van der Waals surface area contributed by atoms with E-state index in [1.165, 1.54) is 24.8 Å². The molecule has 0 bridgehead atoms. The van der Waals surface area contributed by atoms with Crippen LogP contribution in [0, 0.1) is 5.92 Å². The van der Waals surface area contributed by atoms with Gasteiger partial charge in [-0.25, -0.2) is 12.7 Å². The molecule has 0 saturated carbocycles. The maximum atomic E-state index is 12.4. The van der Waals surface area contributed by atoms with E-state index in [-0.39, 0.29) is 17.3 Å². The maximum Gasteiger partial charge on any atom is 0.242 e. The molecule has 1 aromatic rings. The van der Waals surface area contributed by atoms with Gasteiger partial charge in [0.05, 0.1) is 11.4 Å². The number of sulfonamides is 1. The van der Waals surface area contributed by atoms with Gasteiger partial charge in [-0.2, -0.15) is 0 Å². The lowest BCUT2D eigenvalue weighted by atomic mass is 10.0. The summed E-state index contributed by atoms with van der Waals surface area (Å²) in [4.78, 5) is 14.6. The molecule has 2 rings (SSSR count). The second kappa shape index (κ2) is 8.09. The number of rotatable bonds is 6. The van der Waals surface area contributed by atoms with Crippen molar-refractivity contribution in [3.8, 4) is 0 Å². The topological polar surface area (TPSA) is 69.7 Å². The van der Waals surface area contributed by atoms with Crippen molar-refractivity contribution < 1.29 is 13.2 Å². The average molecular weight is 353 g/mol. The second-order valence-electron chi connectivity index (χ2n) is 6.65. The van der Waals surface area contributed by atoms with Crippen molar-refractivity contribution in [1.82, 2.24) is 14.5 Å². The number of carbonyl (C=O) groups is 1. The third-order valence-corrected chi connectivity index (χ3v) is 6.23. The molecule has 6 nitrogen and oxygen atoms in total. The predicted molar refractivity (Wildman–Crippen MR) is 94.0 cm³/mol. The number of benzene rings is 1. The van der Waals surface area contributed by atoms with E-state index in [1.54, 1.807) is 24.3 Å². The van der Waals surface area contributed by atoms with E-state index in [0.717, 1.165) is 19.5 Å². The molecule has 1 aromatic carbocycles. The minimum absolute atomic E-state index is 0.0684. The normalized spacial score (nSPS) is 19.4. The van der Waals surface area contributed by atoms with Crippen molar-refractivity contribution in [2.24, 2.45) is 5.92 Å². The summed E-state index contributed by atoms with van der Waals surface area (Å²) in [5.74, 6) is 0.554. The van der Waals surface area contributed by atoms with E-state index in [0.29, 0.717) is 18.0 Å². The highest BCUT2D eigenvalue weighted by atomic mass is 32.2. The smallest absolute Gasteiger partial charge is 0.242 e. The highest BCUT2D eigenvalue weighted by molar-refractivity contribution is 7.89. The molecule has 134 valence electrons. The number of carbonyl (C=O) groups excluding carboxylic acids is 1. The summed E-state index contributed by atoms with van der Waals surface area (Å²) >= 11 is 0. The Labute approximate surface area is 144 Å². The summed E-state index contributed by atoms with van der Waals surface area (Å²) in [7, 11) is -0.514. The van der Waals surface area contributed by atoms with Crippen molar-refractivity contribution in [2.75, 3.05) is 33.7 Å². The Kier molecular flexibility index (Phi) is 6.37. The second-order valence-corrected chi connectivity index (χ2v) is 8.77. The number of piperidine rings is 1. The van der Waals surface area contributed by atoms with E-state index in [4.69, 9.17) is 0 Å². The molecule has 7 heteroatoms. The first-order chi connectivity index (χ1) is 11.3. The molecule has 1 N–H and O–H groups in total. The van der Waals surface area contributed by atoms with Crippen LogP contribution in [0.4, 0.5) is 0 Å². The molecule has 0 radical (unpaired) electrons. The molecule has 0 aliphatic carbocycles. The summed E-state index contributed by atoms with van der Waals surface area (Å²) in [5.41, 5.74) is 0.603. The third-order valence-electron chi connectivity index (χ3n) is 4.32. The van der Waals surface area contributed by atoms with Gasteiger partial charge in [0.2, 0.25) is 15.9 Å². The van der Waals surface area contributed by atoms with E-state index >= 15 is 0 Å². The van der Waals surface area contributed by atoms with Crippen LogP contribution >= 0.6 is 0 Å². The molecular formula is C17H27N3O3S. The van der Waals surface area contributed by atoms with Crippen molar-refractivity contribution in [1.29, 1.82) is 0 Å². The highest BCUT2D eigenvalue weighted by Gasteiger charge is 2.22. The Morgan fingerprint density at radius 1 is 1.33 bits per heavy atom. The van der Waals surface area contributed by atoms with Gasteiger partial charge in [0.15, 0.2) is 0 Å². The molecule has 0 aromatic heterocycles. The first kappa shape index (κ1) is 18.9. The minimum atomic E-state index is -3.52. The molecule has 1 aliphatic heterocycles. The fourth-order valence-electron chi connectivity index (χ4n) is 2.98. The van der Waals surface area contributed by atoms with Gasteiger partial charge in [0.25, 0.3) is 0 Å². The Morgan fingerprint density at radius 2 is 2.04 bits per heavy atom. The van der Waals surface area contributed by atoms with E-state index in [9.17, 15) is 13.2 Å². The number of nitrogens with one attached hydrogen (secondary N) is 1. The van der Waals surface area contributed by atoms with Gasteiger partial charge in [0, 0.05) is 27.2 Å². The average Bonchev–Trinajstić information content (AvgIpc) is 2.53. The zero-order valence-corrected chi connectivity index (χ0v) is 15.5. The lowest BCUT2D eigenvalue weighted by molar-refractivity contribution is -0.122. The van der Waals surface area contributed by atoms with Crippen LogP contribution in [0.3, 0.4) is 0 Å². The minimum Gasteiger partial charge on any atom is -0.351 e. The number of hydrogen-bond acceptors (Lipinski definition) is 4. The molecule has 1 heterocycles. The van der Waals surface area contributed by atoms with Crippen molar-refractivity contribution >= 4 is 15.9 Å². The van der Waals surface area contributed by atoms with Crippen LogP contribution in [-0.4, -0.2) is 57.3 Å². The number of amides is 1. The van der Waals surface area contributed by atoms with Crippen LogP contribution < -0.4 is 5.32 Å². The van der Waals surface area contributed by atoms with Crippen LogP contribution in [-0.2, 0) is 21.4 Å². The van der Waals surface area contributed by atoms with Gasteiger partial charge in [-0.1, -0.05) is 25.1 Å². The number of hydrogen-bond donors (Lipinski definition) is 1. The molecule has 1 saturated heterocycles. The first-order valence-electron chi connectivity index (χ1n) is 8.30. The molecule has 24 heavy (non-hydrogen) atoms. The maximum absolute atomic E-state index is 12.4. The lowest BCUT2D eigenvalue weighted by Crippen LogP contribution is -2.42. The largest absolute Gasteiger partial charge is 0.351 e. The van der Waals surface area contributed by atoms with Crippen LogP contribution in [0.5, 0.6) is 0 Å². The van der Waals surface area contributed by atoms with Gasteiger partial charge >= 0.3 is 0 Å². The van der Waals surface area contributed by atoms with Gasteiger partial charge < -0.3 is 5.32 Å². The predicted octanol–water partition coefficient (Wildman–Crippen LogP) is 1.28. The Hall–Kier alpha value is -1.44. The fraction of sp³-hybridized carbons (Fsp3) is 0.588. The summed E-state index contributed by atoms with van der Waals surface area (Å²) in [5, 5.41) is 2.85. The van der Waals surface area contributed by atoms with Crippen molar-refractivity contribution in [3.63, 3.8) is 0 Å². The van der Waals surface area contributed by atoms with Gasteiger partial charge in [-0.05, 0) is 36.9 Å². The van der Waals surface area contributed by atoms with Crippen LogP contribution in [0.1, 0.15) is 25.3 Å². The fourth-order valence-corrected chi connectivity index (χ4v) is 4.10. The zero-order valence-electron chi connectivity index (χ0n) is 14.7. The third kappa shape index (κ3) is 4.78. The van der Waals surface area contributed by atoms with Crippen molar-refractivity contribution in [2.45, 2.75) is 31.2 Å². The SMILES string of the molecule is CC1CCCN(CC(=O)NCc2ccccc2S(=O)(=O)N(C)C)C1. The zero-order chi connectivity index (χ0) is 17.7. The molecule has 1 unspecified atom stereocenters. The Bertz CT molecular complexity index is 673. The van der Waals surface area contributed by atoms with E-state index < -0.39 is 10.0 Å². The van der Waals surface area contributed by atoms with Gasteiger partial charge in [0.1, 0.15) is 0 Å². The van der Waals surface area contributed by atoms with E-state index in [1.807, 2.05) is 0 Å². The van der Waals surface area contributed by atoms with Gasteiger partial charge in [-0.3, -0.25) is 9.69 Å². The van der Waals surface area contributed by atoms with Gasteiger partial charge in [-0.15, -0.1) is 0 Å². The lowest BCUT2D eigenvalue weighted by Gasteiger charge is -2.30. The molecule has 1 fully saturated rings. The monoisotopic (exact) mass is 353 g/mol. The van der Waals surface area contributed by atoms with E-state index in [2.05, 4.69) is 17.1 Å². The van der Waals surface area contributed by atoms with Crippen LogP contribution in [0.25, 0.3) is 0 Å². The molecule has 0 spiro atoms. The van der Waals surface area contributed by atoms with Crippen LogP contribution in [0.15, 0.2) is 29.2 Å².